The summed E-state index contributed by atoms with van der Waals surface area (Å²) in [5.74, 6) is -0.107. The number of fused-ring (bicyclic) bond motifs is 1. The average molecular weight is 245 g/mol. The van der Waals surface area contributed by atoms with Gasteiger partial charge in [-0.15, -0.1) is 0 Å². The van der Waals surface area contributed by atoms with Gasteiger partial charge in [0.1, 0.15) is 6.04 Å². The quantitative estimate of drug-likeness (QED) is 0.603. The number of benzene rings is 1. The maximum absolute atomic E-state index is 12.3. The van der Waals surface area contributed by atoms with Crippen LogP contribution >= 0.6 is 0 Å². The highest BCUT2D eigenvalue weighted by molar-refractivity contribution is 6.21. The lowest BCUT2D eigenvalue weighted by Gasteiger charge is -2.25. The first-order valence-electron chi connectivity index (χ1n) is 6.18. The number of anilines is 2. The number of nitrogens with zero attached hydrogens (tertiary/aromatic N) is 2. The molecule has 0 saturated carbocycles. The predicted octanol–water partition coefficient (Wildman–Crippen LogP) is 1.59. The van der Waals surface area contributed by atoms with Crippen LogP contribution in [0.3, 0.4) is 0 Å². The lowest BCUT2D eigenvalue weighted by atomic mass is 10.0. The van der Waals surface area contributed by atoms with E-state index in [0.29, 0.717) is 17.9 Å². The molecular weight excluding hydrogens is 230 g/mol. The summed E-state index contributed by atoms with van der Waals surface area (Å²) >= 11 is 0. The zero-order valence-electron chi connectivity index (χ0n) is 10.0. The molecule has 0 bridgehead atoms. The molecule has 5 heteroatoms. The van der Waals surface area contributed by atoms with E-state index in [2.05, 4.69) is 0 Å². The van der Waals surface area contributed by atoms with Crippen molar-refractivity contribution in [3.63, 3.8) is 0 Å². The second-order valence-corrected chi connectivity index (χ2v) is 4.75. The van der Waals surface area contributed by atoms with E-state index in [1.54, 1.807) is 29.2 Å². The summed E-state index contributed by atoms with van der Waals surface area (Å²) in [6, 6.07) is 6.37. The molecule has 2 heterocycles. The summed E-state index contributed by atoms with van der Waals surface area (Å²) in [7, 11) is 0. The molecule has 18 heavy (non-hydrogen) atoms. The first kappa shape index (κ1) is 11.1. The summed E-state index contributed by atoms with van der Waals surface area (Å²) in [5, 5.41) is 0. The number of nitrogen functional groups attached to an aromatic ring is 1. The largest absolute Gasteiger partial charge is 0.399 e. The van der Waals surface area contributed by atoms with Crippen LogP contribution in [0.15, 0.2) is 24.3 Å². The first-order chi connectivity index (χ1) is 8.68. The van der Waals surface area contributed by atoms with Crippen LogP contribution in [0, 0.1) is 0 Å². The van der Waals surface area contributed by atoms with Gasteiger partial charge in [-0.25, -0.2) is 9.69 Å². The van der Waals surface area contributed by atoms with E-state index in [1.807, 2.05) is 0 Å². The SMILES string of the molecule is Nc1ccc(N2C(=O)C3CCCCN3C2=O)cc1. The molecule has 2 aliphatic heterocycles. The van der Waals surface area contributed by atoms with Gasteiger partial charge in [0, 0.05) is 12.2 Å². The molecule has 1 aromatic carbocycles. The Balaban J connectivity index is 1.95. The molecule has 94 valence electrons. The standard InChI is InChI=1S/C13H15N3O2/c14-9-4-6-10(7-5-9)16-12(17)11-3-1-2-8-15(11)13(16)18/h4-7,11H,1-3,8,14H2. The highest BCUT2D eigenvalue weighted by atomic mass is 16.2. The van der Waals surface area contributed by atoms with Gasteiger partial charge >= 0.3 is 6.03 Å². The van der Waals surface area contributed by atoms with E-state index >= 15 is 0 Å². The zero-order valence-corrected chi connectivity index (χ0v) is 10.0. The lowest BCUT2D eigenvalue weighted by molar-refractivity contribution is -0.120. The summed E-state index contributed by atoms with van der Waals surface area (Å²) in [4.78, 5) is 27.5. The normalized spacial score (nSPS) is 23.4. The molecule has 1 unspecified atom stereocenters. The van der Waals surface area contributed by atoms with Crippen LogP contribution in [0.25, 0.3) is 0 Å². The molecule has 3 rings (SSSR count). The number of urea groups is 1. The minimum absolute atomic E-state index is 0.107. The van der Waals surface area contributed by atoms with Crippen molar-refractivity contribution >= 4 is 23.3 Å². The topological polar surface area (TPSA) is 66.6 Å². The number of nitrogens with two attached hydrogens (primary N) is 1. The molecule has 0 spiro atoms. The molecular formula is C13H15N3O2. The van der Waals surface area contributed by atoms with Crippen LogP contribution in [-0.2, 0) is 4.79 Å². The number of imide groups is 1. The van der Waals surface area contributed by atoms with Crippen molar-refractivity contribution in [1.29, 1.82) is 0 Å². The summed E-state index contributed by atoms with van der Waals surface area (Å²) < 4.78 is 0. The van der Waals surface area contributed by atoms with Gasteiger partial charge in [-0.1, -0.05) is 0 Å². The Kier molecular flexibility index (Phi) is 2.47. The molecule has 2 fully saturated rings. The van der Waals surface area contributed by atoms with Gasteiger partial charge in [0.05, 0.1) is 5.69 Å². The van der Waals surface area contributed by atoms with Crippen molar-refractivity contribution in [3.8, 4) is 0 Å². The maximum atomic E-state index is 12.3. The average Bonchev–Trinajstić information content (AvgIpc) is 2.64. The molecule has 1 atom stereocenters. The molecule has 2 aliphatic rings. The summed E-state index contributed by atoms with van der Waals surface area (Å²) in [6.45, 7) is 0.681. The van der Waals surface area contributed by atoms with Crippen molar-refractivity contribution in [1.82, 2.24) is 4.90 Å². The molecule has 2 saturated heterocycles. The van der Waals surface area contributed by atoms with E-state index in [9.17, 15) is 9.59 Å². The third-order valence-corrected chi connectivity index (χ3v) is 3.60. The number of hydrogen-bond acceptors (Lipinski definition) is 3. The number of amides is 3. The fourth-order valence-corrected chi connectivity index (χ4v) is 2.65. The van der Waals surface area contributed by atoms with E-state index in [0.717, 1.165) is 19.3 Å². The van der Waals surface area contributed by atoms with Crippen LogP contribution in [0.4, 0.5) is 16.2 Å². The van der Waals surface area contributed by atoms with Crippen molar-refractivity contribution in [2.24, 2.45) is 0 Å². The first-order valence-corrected chi connectivity index (χ1v) is 6.18. The molecule has 0 aromatic heterocycles. The van der Waals surface area contributed by atoms with E-state index in [4.69, 9.17) is 5.73 Å². The lowest BCUT2D eigenvalue weighted by Crippen LogP contribution is -2.39. The van der Waals surface area contributed by atoms with Crippen LogP contribution in [0.1, 0.15) is 19.3 Å². The zero-order chi connectivity index (χ0) is 12.7. The third kappa shape index (κ3) is 1.54. The smallest absolute Gasteiger partial charge is 0.332 e. The Morgan fingerprint density at radius 1 is 1.11 bits per heavy atom. The Labute approximate surface area is 105 Å². The number of carbonyl (C=O) groups excluding carboxylic acids is 2. The van der Waals surface area contributed by atoms with Gasteiger partial charge < -0.3 is 10.6 Å². The number of hydrogen-bond donors (Lipinski definition) is 1. The molecule has 0 radical (unpaired) electrons. The molecule has 3 amide bonds. The van der Waals surface area contributed by atoms with Crippen LogP contribution in [0.5, 0.6) is 0 Å². The Bertz CT molecular complexity index is 473. The van der Waals surface area contributed by atoms with Gasteiger partial charge in [0.2, 0.25) is 0 Å². The Morgan fingerprint density at radius 2 is 1.83 bits per heavy atom. The third-order valence-electron chi connectivity index (χ3n) is 3.60. The van der Waals surface area contributed by atoms with Crippen molar-refractivity contribution < 1.29 is 9.59 Å². The predicted molar refractivity (Wildman–Crippen MR) is 68.1 cm³/mol. The Hall–Kier alpha value is -2.04. The minimum atomic E-state index is -0.260. The number of rotatable bonds is 1. The molecule has 2 N–H and O–H groups in total. The molecule has 1 aromatic rings. The van der Waals surface area contributed by atoms with Crippen LogP contribution < -0.4 is 10.6 Å². The number of piperidine rings is 1. The number of carbonyl (C=O) groups is 2. The Morgan fingerprint density at radius 3 is 2.50 bits per heavy atom. The fourth-order valence-electron chi connectivity index (χ4n) is 2.65. The van der Waals surface area contributed by atoms with E-state index in [1.165, 1.54) is 4.90 Å². The minimum Gasteiger partial charge on any atom is -0.399 e. The highest BCUT2D eigenvalue weighted by Crippen LogP contribution is 2.30. The van der Waals surface area contributed by atoms with Crippen LogP contribution in [-0.4, -0.2) is 29.4 Å². The van der Waals surface area contributed by atoms with Crippen molar-refractivity contribution in [2.75, 3.05) is 17.2 Å². The van der Waals surface area contributed by atoms with Gasteiger partial charge in [0.15, 0.2) is 0 Å². The van der Waals surface area contributed by atoms with Gasteiger partial charge in [-0.3, -0.25) is 4.79 Å². The molecule has 0 aliphatic carbocycles. The fraction of sp³-hybridized carbons (Fsp3) is 0.385. The van der Waals surface area contributed by atoms with Gasteiger partial charge in [-0.05, 0) is 43.5 Å². The van der Waals surface area contributed by atoms with Crippen LogP contribution in [0.2, 0.25) is 0 Å². The van der Waals surface area contributed by atoms with Gasteiger partial charge in [0.25, 0.3) is 5.91 Å². The second-order valence-electron chi connectivity index (χ2n) is 4.75. The maximum Gasteiger partial charge on any atom is 0.332 e. The van der Waals surface area contributed by atoms with Crippen molar-refractivity contribution in [2.45, 2.75) is 25.3 Å². The van der Waals surface area contributed by atoms with E-state index < -0.39 is 0 Å². The van der Waals surface area contributed by atoms with Gasteiger partial charge in [-0.2, -0.15) is 0 Å². The second kappa shape index (κ2) is 4.01. The summed E-state index contributed by atoms with van der Waals surface area (Å²) in [6.07, 6.45) is 2.76. The monoisotopic (exact) mass is 245 g/mol. The van der Waals surface area contributed by atoms with Crippen molar-refractivity contribution in [3.05, 3.63) is 24.3 Å². The highest BCUT2D eigenvalue weighted by Gasteiger charge is 2.46. The summed E-state index contributed by atoms with van der Waals surface area (Å²) in [5.41, 5.74) is 6.84. The molecule has 5 nitrogen and oxygen atoms in total. The van der Waals surface area contributed by atoms with E-state index in [-0.39, 0.29) is 18.0 Å².